The van der Waals surface area contributed by atoms with Gasteiger partial charge in [0.05, 0.1) is 10.9 Å². The molecule has 0 spiro atoms. The summed E-state index contributed by atoms with van der Waals surface area (Å²) in [7, 11) is 1.91. The van der Waals surface area contributed by atoms with Gasteiger partial charge in [0.2, 0.25) is 0 Å². The standard InChI is InChI=1S/C12H12ClNO2S/c1-8(15)10-4-6-12(16-10)14(2)7-9-3-5-11(13)17-9/h3-6H,7H2,1-2H3. The lowest BCUT2D eigenvalue weighted by molar-refractivity contribution is 0.0988. The van der Waals surface area contributed by atoms with Gasteiger partial charge < -0.3 is 9.32 Å². The summed E-state index contributed by atoms with van der Waals surface area (Å²) in [6, 6.07) is 7.35. The number of halogens is 1. The van der Waals surface area contributed by atoms with Crippen molar-refractivity contribution in [3.63, 3.8) is 0 Å². The first kappa shape index (κ1) is 12.2. The number of carbonyl (C=O) groups excluding carboxylic acids is 1. The average Bonchev–Trinajstić information content (AvgIpc) is 2.86. The van der Waals surface area contributed by atoms with Gasteiger partial charge in [0, 0.05) is 24.9 Å². The van der Waals surface area contributed by atoms with E-state index in [0.29, 0.717) is 18.2 Å². The number of anilines is 1. The lowest BCUT2D eigenvalue weighted by Crippen LogP contribution is -2.14. The van der Waals surface area contributed by atoms with E-state index in [1.165, 1.54) is 18.3 Å². The molecule has 0 atom stereocenters. The maximum Gasteiger partial charge on any atom is 0.196 e. The lowest BCUT2D eigenvalue weighted by atomic mass is 10.3. The largest absolute Gasteiger partial charge is 0.437 e. The van der Waals surface area contributed by atoms with Gasteiger partial charge in [0.1, 0.15) is 0 Å². The van der Waals surface area contributed by atoms with E-state index in [1.807, 2.05) is 24.1 Å². The normalized spacial score (nSPS) is 10.5. The van der Waals surface area contributed by atoms with Crippen molar-refractivity contribution in [1.82, 2.24) is 0 Å². The number of furan rings is 1. The molecule has 90 valence electrons. The first-order valence-corrected chi connectivity index (χ1v) is 6.32. The van der Waals surface area contributed by atoms with Crippen LogP contribution in [0.1, 0.15) is 22.4 Å². The highest BCUT2D eigenvalue weighted by Gasteiger charge is 2.10. The van der Waals surface area contributed by atoms with Gasteiger partial charge in [-0.1, -0.05) is 11.6 Å². The van der Waals surface area contributed by atoms with Crippen molar-refractivity contribution in [3.05, 3.63) is 39.2 Å². The SMILES string of the molecule is CC(=O)c1ccc(N(C)Cc2ccc(Cl)s2)o1. The van der Waals surface area contributed by atoms with Crippen molar-refractivity contribution in [3.8, 4) is 0 Å². The number of nitrogens with zero attached hydrogens (tertiary/aromatic N) is 1. The maximum absolute atomic E-state index is 11.1. The second-order valence-corrected chi connectivity index (χ2v) is 5.56. The Morgan fingerprint density at radius 3 is 2.71 bits per heavy atom. The molecule has 0 aromatic carbocycles. The van der Waals surface area contributed by atoms with E-state index in [0.717, 1.165) is 9.21 Å². The summed E-state index contributed by atoms with van der Waals surface area (Å²) < 4.78 is 6.21. The van der Waals surface area contributed by atoms with Gasteiger partial charge in [-0.3, -0.25) is 4.79 Å². The smallest absolute Gasteiger partial charge is 0.196 e. The van der Waals surface area contributed by atoms with Crippen LogP contribution in [0.25, 0.3) is 0 Å². The molecule has 5 heteroatoms. The second kappa shape index (κ2) is 4.94. The number of rotatable bonds is 4. The second-order valence-electron chi connectivity index (χ2n) is 3.76. The Hall–Kier alpha value is -1.26. The van der Waals surface area contributed by atoms with Crippen LogP contribution in [0.3, 0.4) is 0 Å². The minimum atomic E-state index is -0.0659. The van der Waals surface area contributed by atoms with Crippen molar-refractivity contribution >= 4 is 34.6 Å². The molecule has 0 saturated carbocycles. The summed E-state index contributed by atoms with van der Waals surface area (Å²) in [6.45, 7) is 2.20. The van der Waals surface area contributed by atoms with Crippen molar-refractivity contribution in [2.24, 2.45) is 0 Å². The number of Topliss-reactive ketones (excluding diaryl/α,β-unsaturated/α-hetero) is 1. The zero-order valence-electron chi connectivity index (χ0n) is 9.57. The fraction of sp³-hybridized carbons (Fsp3) is 0.250. The van der Waals surface area contributed by atoms with Crippen LogP contribution in [-0.2, 0) is 6.54 Å². The van der Waals surface area contributed by atoms with Crippen LogP contribution in [0, 0.1) is 0 Å². The van der Waals surface area contributed by atoms with Gasteiger partial charge in [-0.05, 0) is 18.2 Å². The zero-order chi connectivity index (χ0) is 12.4. The third-order valence-corrected chi connectivity index (χ3v) is 3.55. The van der Waals surface area contributed by atoms with Gasteiger partial charge in [0.25, 0.3) is 0 Å². The number of thiophene rings is 1. The van der Waals surface area contributed by atoms with Crippen LogP contribution < -0.4 is 4.90 Å². The summed E-state index contributed by atoms with van der Waals surface area (Å²) in [5, 5.41) is 0. The molecular formula is C12H12ClNO2S. The van der Waals surface area contributed by atoms with Crippen molar-refractivity contribution < 1.29 is 9.21 Å². The molecule has 0 bridgehead atoms. The quantitative estimate of drug-likeness (QED) is 0.791. The molecule has 0 unspecified atom stereocenters. The zero-order valence-corrected chi connectivity index (χ0v) is 11.1. The number of hydrogen-bond donors (Lipinski definition) is 0. The van der Waals surface area contributed by atoms with Gasteiger partial charge >= 0.3 is 0 Å². The molecule has 0 aliphatic carbocycles. The highest BCUT2D eigenvalue weighted by molar-refractivity contribution is 7.16. The van der Waals surface area contributed by atoms with Crippen LogP contribution in [-0.4, -0.2) is 12.8 Å². The Morgan fingerprint density at radius 2 is 2.18 bits per heavy atom. The molecule has 2 aromatic heterocycles. The summed E-state index contributed by atoms with van der Waals surface area (Å²) in [5.74, 6) is 1.000. The van der Waals surface area contributed by atoms with Crippen LogP contribution in [0.4, 0.5) is 5.88 Å². The van der Waals surface area contributed by atoms with E-state index in [1.54, 1.807) is 12.1 Å². The Kier molecular flexibility index (Phi) is 3.54. The Labute approximate surface area is 109 Å². The Balaban J connectivity index is 2.08. The van der Waals surface area contributed by atoms with Gasteiger partial charge in [-0.2, -0.15) is 0 Å². The van der Waals surface area contributed by atoms with Gasteiger partial charge in [0.15, 0.2) is 17.4 Å². The maximum atomic E-state index is 11.1. The third kappa shape index (κ3) is 2.90. The van der Waals surface area contributed by atoms with Gasteiger partial charge in [-0.25, -0.2) is 0 Å². The highest BCUT2D eigenvalue weighted by atomic mass is 35.5. The van der Waals surface area contributed by atoms with E-state index in [4.69, 9.17) is 16.0 Å². The highest BCUT2D eigenvalue weighted by Crippen LogP contribution is 2.25. The summed E-state index contributed by atoms with van der Waals surface area (Å²) in [5.41, 5.74) is 0. The van der Waals surface area contributed by atoms with Crippen molar-refractivity contribution in [2.75, 3.05) is 11.9 Å². The van der Waals surface area contributed by atoms with E-state index >= 15 is 0 Å². The van der Waals surface area contributed by atoms with Crippen LogP contribution in [0.2, 0.25) is 4.34 Å². The molecule has 0 radical (unpaired) electrons. The van der Waals surface area contributed by atoms with Crippen LogP contribution in [0.5, 0.6) is 0 Å². The average molecular weight is 270 g/mol. The molecule has 0 N–H and O–H groups in total. The molecule has 0 saturated heterocycles. The number of ketones is 1. The fourth-order valence-corrected chi connectivity index (χ4v) is 2.61. The summed E-state index contributed by atoms with van der Waals surface area (Å²) in [4.78, 5) is 14.2. The first-order valence-electron chi connectivity index (χ1n) is 5.12. The van der Waals surface area contributed by atoms with E-state index in [9.17, 15) is 4.79 Å². The minimum absolute atomic E-state index is 0.0659. The third-order valence-electron chi connectivity index (χ3n) is 2.34. The van der Waals surface area contributed by atoms with Crippen molar-refractivity contribution in [2.45, 2.75) is 13.5 Å². The Morgan fingerprint density at radius 1 is 1.41 bits per heavy atom. The summed E-state index contributed by atoms with van der Waals surface area (Å²) in [6.07, 6.45) is 0. The molecule has 0 amide bonds. The molecule has 2 aromatic rings. The van der Waals surface area contributed by atoms with Crippen molar-refractivity contribution in [1.29, 1.82) is 0 Å². The van der Waals surface area contributed by atoms with Crippen LogP contribution in [0.15, 0.2) is 28.7 Å². The fourth-order valence-electron chi connectivity index (χ4n) is 1.47. The van der Waals surface area contributed by atoms with Gasteiger partial charge in [-0.15, -0.1) is 11.3 Å². The number of hydrogen-bond acceptors (Lipinski definition) is 4. The van der Waals surface area contributed by atoms with E-state index in [2.05, 4.69) is 0 Å². The molecule has 17 heavy (non-hydrogen) atoms. The number of carbonyl (C=O) groups is 1. The minimum Gasteiger partial charge on any atom is -0.437 e. The topological polar surface area (TPSA) is 33.5 Å². The molecule has 2 heterocycles. The van der Waals surface area contributed by atoms with E-state index in [-0.39, 0.29) is 5.78 Å². The van der Waals surface area contributed by atoms with E-state index < -0.39 is 0 Å². The summed E-state index contributed by atoms with van der Waals surface area (Å²) >= 11 is 7.41. The predicted molar refractivity (Wildman–Crippen MR) is 70.1 cm³/mol. The molecular weight excluding hydrogens is 258 g/mol. The predicted octanol–water partition coefficient (Wildman–Crippen LogP) is 3.83. The molecule has 0 fully saturated rings. The van der Waals surface area contributed by atoms with Crippen LogP contribution >= 0.6 is 22.9 Å². The first-order chi connectivity index (χ1) is 8.06. The molecule has 3 nitrogen and oxygen atoms in total. The molecule has 0 aliphatic heterocycles. The molecule has 0 aliphatic rings. The lowest BCUT2D eigenvalue weighted by Gasteiger charge is -2.14. The molecule has 2 rings (SSSR count). The monoisotopic (exact) mass is 269 g/mol. The Bertz CT molecular complexity index is 532.